The van der Waals surface area contributed by atoms with Crippen LogP contribution in [0.15, 0.2) is 64.9 Å². The van der Waals surface area contributed by atoms with Gasteiger partial charge in [-0.3, -0.25) is 14.3 Å². The van der Waals surface area contributed by atoms with E-state index in [4.69, 9.17) is 4.74 Å². The number of ether oxygens (including phenoxy) is 1. The average molecular weight is 500 g/mol. The Balaban J connectivity index is 1.28. The third-order valence-corrected chi connectivity index (χ3v) is 7.97. The first-order chi connectivity index (χ1) is 16.4. The molecular weight excluding hydrogens is 474 g/mol. The molecule has 1 aliphatic rings. The highest BCUT2D eigenvalue weighted by atomic mass is 32.2. The van der Waals surface area contributed by atoms with Crippen LogP contribution in [-0.2, 0) is 27.8 Å². The van der Waals surface area contributed by atoms with E-state index >= 15 is 0 Å². The summed E-state index contributed by atoms with van der Waals surface area (Å²) in [5.41, 5.74) is 1.91. The highest BCUT2D eigenvalue weighted by Crippen LogP contribution is 2.24. The lowest BCUT2D eigenvalue weighted by molar-refractivity contribution is -0.131. The molecule has 3 aromatic rings. The number of hydrogen-bond donors (Lipinski definition) is 2. The molecule has 0 unspecified atom stereocenters. The maximum absolute atomic E-state index is 12.6. The monoisotopic (exact) mass is 499 g/mol. The highest BCUT2D eigenvalue weighted by Gasteiger charge is 2.21. The second kappa shape index (κ2) is 10.3. The Hall–Kier alpha value is -3.37. The van der Waals surface area contributed by atoms with Gasteiger partial charge in [0.15, 0.2) is 0 Å². The van der Waals surface area contributed by atoms with Crippen molar-refractivity contribution < 1.29 is 22.7 Å². The van der Waals surface area contributed by atoms with E-state index in [1.807, 2.05) is 10.3 Å². The summed E-state index contributed by atoms with van der Waals surface area (Å²) in [6.07, 6.45) is 1.08. The second-order valence-corrected chi connectivity index (χ2v) is 10.5. The molecule has 4 rings (SSSR count). The van der Waals surface area contributed by atoms with Crippen LogP contribution in [-0.4, -0.2) is 45.3 Å². The van der Waals surface area contributed by atoms with Gasteiger partial charge >= 0.3 is 0 Å². The molecule has 0 atom stereocenters. The summed E-state index contributed by atoms with van der Waals surface area (Å²) < 4.78 is 32.8. The van der Waals surface area contributed by atoms with Gasteiger partial charge in [0.05, 0.1) is 12.0 Å². The number of rotatable bonds is 8. The summed E-state index contributed by atoms with van der Waals surface area (Å²) in [5.74, 6) is 0.259. The Morgan fingerprint density at radius 2 is 1.79 bits per heavy atom. The molecule has 0 saturated heterocycles. The van der Waals surface area contributed by atoms with E-state index in [0.29, 0.717) is 30.1 Å². The van der Waals surface area contributed by atoms with Gasteiger partial charge in [0.1, 0.15) is 5.75 Å². The lowest BCUT2D eigenvalue weighted by Gasteiger charge is -2.27. The fraction of sp³-hybridized carbons (Fsp3) is 0.250. The molecule has 2 aromatic carbocycles. The summed E-state index contributed by atoms with van der Waals surface area (Å²) >= 11 is 1.72. The van der Waals surface area contributed by atoms with Gasteiger partial charge in [-0.2, -0.15) is 0 Å². The van der Waals surface area contributed by atoms with Crippen molar-refractivity contribution in [3.63, 3.8) is 0 Å². The van der Waals surface area contributed by atoms with Crippen molar-refractivity contribution >= 4 is 38.9 Å². The maximum Gasteiger partial charge on any atom is 0.261 e. The fourth-order valence-corrected chi connectivity index (χ4v) is 5.61. The van der Waals surface area contributed by atoms with Crippen molar-refractivity contribution in [2.75, 3.05) is 24.9 Å². The summed E-state index contributed by atoms with van der Waals surface area (Å²) in [5, 5.41) is 4.78. The number of anilines is 1. The molecule has 0 radical (unpaired) electrons. The van der Waals surface area contributed by atoms with Crippen LogP contribution >= 0.6 is 11.3 Å². The van der Waals surface area contributed by atoms with E-state index in [0.717, 1.165) is 6.42 Å². The SMILES string of the molecule is COc1ccc(NS(=O)(=O)c2ccc(C(=O)NCCC(=O)N3CCc4sccc4C3)cc2)cc1. The number of carbonyl (C=O) groups excluding carboxylic acids is 2. The van der Waals surface area contributed by atoms with Gasteiger partial charge in [0, 0.05) is 42.2 Å². The number of carbonyl (C=O) groups is 2. The Kier molecular flexibility index (Phi) is 7.18. The fourth-order valence-electron chi connectivity index (χ4n) is 3.66. The zero-order chi connectivity index (χ0) is 24.1. The van der Waals surface area contributed by atoms with Crippen LogP contribution in [0.1, 0.15) is 27.2 Å². The lowest BCUT2D eigenvalue weighted by Crippen LogP contribution is -2.37. The van der Waals surface area contributed by atoms with Crippen LogP contribution in [0.25, 0.3) is 0 Å². The summed E-state index contributed by atoms with van der Waals surface area (Å²) in [4.78, 5) is 28.1. The van der Waals surface area contributed by atoms with Crippen LogP contribution in [0.3, 0.4) is 0 Å². The first kappa shape index (κ1) is 23.8. The Bertz CT molecular complexity index is 1270. The molecule has 2 amide bonds. The normalized spacial score (nSPS) is 13.1. The second-order valence-electron chi connectivity index (χ2n) is 7.80. The molecule has 0 aliphatic carbocycles. The summed E-state index contributed by atoms with van der Waals surface area (Å²) in [6, 6.07) is 14.2. The van der Waals surface area contributed by atoms with Crippen molar-refractivity contribution in [3.05, 3.63) is 76.0 Å². The molecule has 2 N–H and O–H groups in total. The summed E-state index contributed by atoms with van der Waals surface area (Å²) in [6.45, 7) is 1.52. The van der Waals surface area contributed by atoms with Gasteiger partial charge < -0.3 is 15.0 Å². The zero-order valence-corrected chi connectivity index (χ0v) is 20.2. The predicted octanol–water partition coefficient (Wildman–Crippen LogP) is 3.26. The minimum absolute atomic E-state index is 0.00296. The molecule has 8 nitrogen and oxygen atoms in total. The van der Waals surface area contributed by atoms with Gasteiger partial charge in [0.25, 0.3) is 15.9 Å². The molecule has 1 aromatic heterocycles. The van der Waals surface area contributed by atoms with Crippen LogP contribution in [0, 0.1) is 0 Å². The van der Waals surface area contributed by atoms with Crippen LogP contribution < -0.4 is 14.8 Å². The van der Waals surface area contributed by atoms with Gasteiger partial charge in [-0.25, -0.2) is 8.42 Å². The van der Waals surface area contributed by atoms with E-state index in [1.54, 1.807) is 35.6 Å². The topological polar surface area (TPSA) is 105 Å². The van der Waals surface area contributed by atoms with Crippen molar-refractivity contribution in [3.8, 4) is 5.75 Å². The Labute approximate surface area is 202 Å². The zero-order valence-electron chi connectivity index (χ0n) is 18.6. The number of sulfonamides is 1. The number of benzene rings is 2. The van der Waals surface area contributed by atoms with E-state index in [9.17, 15) is 18.0 Å². The van der Waals surface area contributed by atoms with E-state index in [1.165, 1.54) is 41.8 Å². The molecular formula is C24H25N3O5S2. The molecule has 0 spiro atoms. The predicted molar refractivity (Wildman–Crippen MR) is 131 cm³/mol. The van der Waals surface area contributed by atoms with E-state index in [-0.39, 0.29) is 29.7 Å². The van der Waals surface area contributed by atoms with Crippen molar-refractivity contribution in [2.45, 2.75) is 24.3 Å². The standard InChI is InChI=1S/C24H25N3O5S2/c1-32-20-6-4-19(5-7-20)26-34(30,31)21-8-2-17(3-9-21)24(29)25-13-10-23(28)27-14-11-22-18(16-27)12-15-33-22/h2-9,12,15,26H,10-11,13-14,16H2,1H3,(H,25,29). The van der Waals surface area contributed by atoms with Gasteiger partial charge in [-0.15, -0.1) is 11.3 Å². The van der Waals surface area contributed by atoms with Crippen LogP contribution in [0.4, 0.5) is 5.69 Å². The first-order valence-corrected chi connectivity index (χ1v) is 13.1. The lowest BCUT2D eigenvalue weighted by atomic mass is 10.1. The summed E-state index contributed by atoms with van der Waals surface area (Å²) in [7, 11) is -2.27. The van der Waals surface area contributed by atoms with E-state index < -0.39 is 10.0 Å². The number of hydrogen-bond acceptors (Lipinski definition) is 6. The van der Waals surface area contributed by atoms with E-state index in [2.05, 4.69) is 16.1 Å². The van der Waals surface area contributed by atoms with Crippen molar-refractivity contribution in [2.24, 2.45) is 0 Å². The van der Waals surface area contributed by atoms with Gasteiger partial charge in [-0.05, 0) is 72.0 Å². The molecule has 178 valence electrons. The number of thiophene rings is 1. The van der Waals surface area contributed by atoms with Crippen LogP contribution in [0.5, 0.6) is 5.75 Å². The number of amides is 2. The molecule has 0 fully saturated rings. The molecule has 2 heterocycles. The molecule has 0 saturated carbocycles. The largest absolute Gasteiger partial charge is 0.497 e. The number of nitrogens with zero attached hydrogens (tertiary/aromatic N) is 1. The molecule has 34 heavy (non-hydrogen) atoms. The average Bonchev–Trinajstić information content (AvgIpc) is 3.32. The minimum atomic E-state index is -3.80. The minimum Gasteiger partial charge on any atom is -0.497 e. The maximum atomic E-state index is 12.6. The Morgan fingerprint density at radius 1 is 1.06 bits per heavy atom. The van der Waals surface area contributed by atoms with Crippen molar-refractivity contribution in [1.29, 1.82) is 0 Å². The van der Waals surface area contributed by atoms with Crippen LogP contribution in [0.2, 0.25) is 0 Å². The highest BCUT2D eigenvalue weighted by molar-refractivity contribution is 7.92. The van der Waals surface area contributed by atoms with Crippen molar-refractivity contribution in [1.82, 2.24) is 10.2 Å². The third-order valence-electron chi connectivity index (χ3n) is 5.55. The molecule has 1 aliphatic heterocycles. The smallest absolute Gasteiger partial charge is 0.261 e. The Morgan fingerprint density at radius 3 is 2.50 bits per heavy atom. The van der Waals surface area contributed by atoms with Gasteiger partial charge in [0.2, 0.25) is 5.91 Å². The van der Waals surface area contributed by atoms with Gasteiger partial charge in [-0.1, -0.05) is 0 Å². The first-order valence-electron chi connectivity index (χ1n) is 10.7. The number of nitrogens with one attached hydrogen (secondary N) is 2. The number of fused-ring (bicyclic) bond motifs is 1. The third kappa shape index (κ3) is 5.57. The molecule has 10 heteroatoms. The number of methoxy groups -OCH3 is 1. The quantitative estimate of drug-likeness (QED) is 0.495. The molecule has 0 bridgehead atoms.